The predicted octanol–water partition coefficient (Wildman–Crippen LogP) is 4.37. The maximum absolute atomic E-state index is 12.3. The van der Waals surface area contributed by atoms with Gasteiger partial charge in [0, 0.05) is 36.3 Å². The van der Waals surface area contributed by atoms with Crippen LogP contribution in [0.3, 0.4) is 0 Å². The third-order valence-electron chi connectivity index (χ3n) is 4.65. The van der Waals surface area contributed by atoms with E-state index < -0.39 is 0 Å². The first-order valence-corrected chi connectivity index (χ1v) is 10.0. The number of urea groups is 1. The van der Waals surface area contributed by atoms with Crippen LogP contribution >= 0.6 is 0 Å². The molecule has 0 saturated carbocycles. The second-order valence-corrected chi connectivity index (χ2v) is 6.93. The van der Waals surface area contributed by atoms with E-state index in [1.807, 2.05) is 37.3 Å². The summed E-state index contributed by atoms with van der Waals surface area (Å²) in [6.45, 7) is 4.06. The Kier molecular flexibility index (Phi) is 7.26. The lowest BCUT2D eigenvalue weighted by molar-refractivity contribution is -0.115. The van der Waals surface area contributed by atoms with Crippen molar-refractivity contribution in [1.29, 1.82) is 0 Å². The zero-order valence-electron chi connectivity index (χ0n) is 17.8. The molecule has 0 atom stereocenters. The average molecular weight is 422 g/mol. The van der Waals surface area contributed by atoms with Crippen molar-refractivity contribution in [3.63, 3.8) is 0 Å². The highest BCUT2D eigenvalue weighted by Crippen LogP contribution is 2.22. The topological polar surface area (TPSA) is 105 Å². The Bertz CT molecular complexity index is 1040. The SMILES string of the molecule is CCC(=O)Nc1ccc(C)c(NC(=O)NCCc2coc(-c3ccc(OC)cc3)n2)c1. The van der Waals surface area contributed by atoms with Crippen LogP contribution in [0, 0.1) is 6.92 Å². The van der Waals surface area contributed by atoms with E-state index in [1.165, 1.54) is 0 Å². The number of methoxy groups -OCH3 is 1. The average Bonchev–Trinajstić information content (AvgIpc) is 3.25. The Labute approximate surface area is 181 Å². The van der Waals surface area contributed by atoms with Crippen molar-refractivity contribution in [3.05, 3.63) is 60.0 Å². The van der Waals surface area contributed by atoms with Crippen molar-refractivity contribution in [2.75, 3.05) is 24.3 Å². The van der Waals surface area contributed by atoms with Gasteiger partial charge in [0.1, 0.15) is 12.0 Å². The molecule has 0 aliphatic rings. The summed E-state index contributed by atoms with van der Waals surface area (Å²) in [6, 6.07) is 12.5. The van der Waals surface area contributed by atoms with Gasteiger partial charge < -0.3 is 25.1 Å². The summed E-state index contributed by atoms with van der Waals surface area (Å²) in [5.41, 5.74) is 3.76. The van der Waals surface area contributed by atoms with Gasteiger partial charge in [0.05, 0.1) is 12.8 Å². The molecule has 1 heterocycles. The first-order chi connectivity index (χ1) is 15.0. The standard InChI is InChI=1S/C23H26N4O4/c1-4-21(28)25-17-8-5-15(2)20(13-17)27-23(29)24-12-11-18-14-31-22(26-18)16-6-9-19(30-3)10-7-16/h5-10,13-14H,4,11-12H2,1-3H3,(H,25,28)(H2,24,27,29). The van der Waals surface area contributed by atoms with Crippen LogP contribution in [0.4, 0.5) is 16.2 Å². The molecule has 2 aromatic carbocycles. The highest BCUT2D eigenvalue weighted by atomic mass is 16.5. The number of amides is 3. The number of nitrogens with one attached hydrogen (secondary N) is 3. The van der Waals surface area contributed by atoms with Gasteiger partial charge >= 0.3 is 6.03 Å². The fourth-order valence-corrected chi connectivity index (χ4v) is 2.84. The van der Waals surface area contributed by atoms with E-state index in [1.54, 1.807) is 32.4 Å². The van der Waals surface area contributed by atoms with E-state index >= 15 is 0 Å². The minimum atomic E-state index is -0.332. The molecule has 3 aromatic rings. The molecule has 0 radical (unpaired) electrons. The molecule has 8 nitrogen and oxygen atoms in total. The van der Waals surface area contributed by atoms with Gasteiger partial charge in [-0.05, 0) is 48.9 Å². The predicted molar refractivity (Wildman–Crippen MR) is 119 cm³/mol. The van der Waals surface area contributed by atoms with Crippen LogP contribution in [-0.4, -0.2) is 30.6 Å². The van der Waals surface area contributed by atoms with Crippen molar-refractivity contribution in [2.24, 2.45) is 0 Å². The highest BCUT2D eigenvalue weighted by Gasteiger charge is 2.09. The summed E-state index contributed by atoms with van der Waals surface area (Å²) >= 11 is 0. The Morgan fingerprint density at radius 3 is 2.58 bits per heavy atom. The number of oxazole rings is 1. The van der Waals surface area contributed by atoms with Gasteiger partial charge in [-0.15, -0.1) is 0 Å². The molecular weight excluding hydrogens is 396 g/mol. The number of rotatable bonds is 8. The Morgan fingerprint density at radius 2 is 1.87 bits per heavy atom. The molecule has 0 saturated heterocycles. The number of hydrogen-bond acceptors (Lipinski definition) is 5. The molecule has 3 amide bonds. The molecule has 1 aromatic heterocycles. The van der Waals surface area contributed by atoms with Crippen molar-refractivity contribution >= 4 is 23.3 Å². The number of anilines is 2. The van der Waals surface area contributed by atoms with Crippen molar-refractivity contribution in [1.82, 2.24) is 10.3 Å². The zero-order chi connectivity index (χ0) is 22.2. The molecule has 0 aliphatic heterocycles. The molecule has 0 spiro atoms. The van der Waals surface area contributed by atoms with E-state index in [4.69, 9.17) is 9.15 Å². The summed E-state index contributed by atoms with van der Waals surface area (Å²) in [5, 5.41) is 8.40. The lowest BCUT2D eigenvalue weighted by Crippen LogP contribution is -2.30. The quantitative estimate of drug-likeness (QED) is 0.500. The summed E-state index contributed by atoms with van der Waals surface area (Å²) < 4.78 is 10.7. The van der Waals surface area contributed by atoms with Crippen molar-refractivity contribution in [3.8, 4) is 17.2 Å². The summed E-state index contributed by atoms with van der Waals surface area (Å²) in [7, 11) is 1.61. The van der Waals surface area contributed by atoms with Gasteiger partial charge in [-0.2, -0.15) is 0 Å². The monoisotopic (exact) mass is 422 g/mol. The normalized spacial score (nSPS) is 10.4. The van der Waals surface area contributed by atoms with E-state index in [-0.39, 0.29) is 11.9 Å². The summed E-state index contributed by atoms with van der Waals surface area (Å²) in [6.07, 6.45) is 2.50. The second kappa shape index (κ2) is 10.3. The minimum absolute atomic E-state index is 0.0825. The summed E-state index contributed by atoms with van der Waals surface area (Å²) in [5.74, 6) is 1.20. The molecular formula is C23H26N4O4. The van der Waals surface area contributed by atoms with Gasteiger partial charge in [0.25, 0.3) is 0 Å². The van der Waals surface area contributed by atoms with Gasteiger partial charge in [-0.1, -0.05) is 13.0 Å². The van der Waals surface area contributed by atoms with Crippen LogP contribution in [0.25, 0.3) is 11.5 Å². The molecule has 3 rings (SSSR count). The number of aromatic nitrogens is 1. The number of hydrogen-bond donors (Lipinski definition) is 3. The molecule has 0 bridgehead atoms. The van der Waals surface area contributed by atoms with E-state index in [9.17, 15) is 9.59 Å². The van der Waals surface area contributed by atoms with Crippen molar-refractivity contribution < 1.29 is 18.7 Å². The van der Waals surface area contributed by atoms with E-state index in [2.05, 4.69) is 20.9 Å². The fraction of sp³-hybridized carbons (Fsp3) is 0.261. The molecule has 3 N–H and O–H groups in total. The van der Waals surface area contributed by atoms with Gasteiger partial charge in [-0.25, -0.2) is 9.78 Å². The molecule has 0 fully saturated rings. The van der Waals surface area contributed by atoms with Crippen LogP contribution in [-0.2, 0) is 11.2 Å². The first kappa shape index (κ1) is 21.9. The lowest BCUT2D eigenvalue weighted by atomic mass is 10.2. The highest BCUT2D eigenvalue weighted by molar-refractivity contribution is 5.94. The number of nitrogens with zero attached hydrogens (tertiary/aromatic N) is 1. The van der Waals surface area contributed by atoms with E-state index in [0.717, 1.165) is 22.6 Å². The van der Waals surface area contributed by atoms with Crippen LogP contribution in [0.5, 0.6) is 5.75 Å². The molecule has 0 aliphatic carbocycles. The fourth-order valence-electron chi connectivity index (χ4n) is 2.84. The number of carbonyl (C=O) groups excluding carboxylic acids is 2. The molecule has 8 heteroatoms. The van der Waals surface area contributed by atoms with Gasteiger partial charge in [0.15, 0.2) is 0 Å². The number of ether oxygens (including phenoxy) is 1. The number of aryl methyl sites for hydroxylation is 1. The number of carbonyl (C=O) groups is 2. The van der Waals surface area contributed by atoms with Crippen LogP contribution in [0.2, 0.25) is 0 Å². The maximum Gasteiger partial charge on any atom is 0.319 e. The van der Waals surface area contributed by atoms with E-state index in [0.29, 0.717) is 36.7 Å². The molecule has 31 heavy (non-hydrogen) atoms. The van der Waals surface area contributed by atoms with Crippen LogP contribution in [0.1, 0.15) is 24.6 Å². The second-order valence-electron chi connectivity index (χ2n) is 6.93. The van der Waals surface area contributed by atoms with Gasteiger partial charge in [0.2, 0.25) is 11.8 Å². The number of benzene rings is 2. The zero-order valence-corrected chi connectivity index (χ0v) is 17.8. The third-order valence-corrected chi connectivity index (χ3v) is 4.65. The van der Waals surface area contributed by atoms with Crippen LogP contribution in [0.15, 0.2) is 53.1 Å². The minimum Gasteiger partial charge on any atom is -0.497 e. The first-order valence-electron chi connectivity index (χ1n) is 10.0. The Hall–Kier alpha value is -3.81. The largest absolute Gasteiger partial charge is 0.497 e. The molecule has 162 valence electrons. The van der Waals surface area contributed by atoms with Crippen LogP contribution < -0.4 is 20.7 Å². The smallest absolute Gasteiger partial charge is 0.319 e. The maximum atomic E-state index is 12.3. The Balaban J connectivity index is 1.51. The summed E-state index contributed by atoms with van der Waals surface area (Å²) in [4.78, 5) is 28.3. The van der Waals surface area contributed by atoms with Gasteiger partial charge in [-0.3, -0.25) is 4.79 Å². The molecule has 0 unspecified atom stereocenters. The third kappa shape index (κ3) is 6.08. The lowest BCUT2D eigenvalue weighted by Gasteiger charge is -2.12. The Morgan fingerprint density at radius 1 is 1.10 bits per heavy atom. The van der Waals surface area contributed by atoms with Crippen molar-refractivity contribution in [2.45, 2.75) is 26.7 Å².